The summed E-state index contributed by atoms with van der Waals surface area (Å²) in [5.74, 6) is -3.95. The molecular formula is C14H23F3N2O6. The summed E-state index contributed by atoms with van der Waals surface area (Å²) in [6.07, 6.45) is -6.22. The summed E-state index contributed by atoms with van der Waals surface area (Å²) in [5, 5.41) is 0. The smallest absolute Gasteiger partial charge is 0.467 e. The molecule has 0 rings (SSSR count). The van der Waals surface area contributed by atoms with Gasteiger partial charge in [0.1, 0.15) is 6.04 Å². The quantitative estimate of drug-likeness (QED) is 0.560. The number of ether oxygens (including phenoxy) is 3. The van der Waals surface area contributed by atoms with Gasteiger partial charge in [0, 0.05) is 28.3 Å². The zero-order valence-corrected chi connectivity index (χ0v) is 14.9. The topological polar surface area (TPSA) is 85.4 Å². The third-order valence-corrected chi connectivity index (χ3v) is 3.66. The largest absolute Gasteiger partial charge is 0.471 e. The van der Waals surface area contributed by atoms with E-state index in [1.807, 2.05) is 0 Å². The first-order valence-corrected chi connectivity index (χ1v) is 7.14. The van der Waals surface area contributed by atoms with Crippen LogP contribution in [0.1, 0.15) is 6.92 Å². The van der Waals surface area contributed by atoms with E-state index in [1.165, 1.54) is 28.2 Å². The first-order chi connectivity index (χ1) is 11.4. The average Bonchev–Trinajstić information content (AvgIpc) is 2.56. The van der Waals surface area contributed by atoms with Crippen molar-refractivity contribution in [2.75, 3.05) is 42.0 Å². The molecule has 0 aliphatic rings. The van der Waals surface area contributed by atoms with E-state index in [1.54, 1.807) is 0 Å². The van der Waals surface area contributed by atoms with Gasteiger partial charge in [-0.1, -0.05) is 0 Å². The molecule has 0 bridgehead atoms. The van der Waals surface area contributed by atoms with Gasteiger partial charge in [0.05, 0.1) is 19.8 Å². The fraction of sp³-hybridized carbons (Fsp3) is 0.786. The number of rotatable bonds is 8. The number of carbonyl (C=O) groups excluding carboxylic acids is 3. The third-order valence-electron chi connectivity index (χ3n) is 3.66. The van der Waals surface area contributed by atoms with E-state index in [-0.39, 0.29) is 11.5 Å². The Bertz CT molecular complexity index is 486. The van der Waals surface area contributed by atoms with Gasteiger partial charge >= 0.3 is 18.1 Å². The van der Waals surface area contributed by atoms with E-state index >= 15 is 0 Å². The van der Waals surface area contributed by atoms with Crippen LogP contribution in [-0.4, -0.2) is 94.0 Å². The molecule has 11 heteroatoms. The van der Waals surface area contributed by atoms with E-state index in [4.69, 9.17) is 9.47 Å². The van der Waals surface area contributed by atoms with E-state index in [0.29, 0.717) is 0 Å². The summed E-state index contributed by atoms with van der Waals surface area (Å²) in [4.78, 5) is 37.1. The molecule has 0 aromatic rings. The number of amides is 2. The number of halogens is 3. The van der Waals surface area contributed by atoms with Crippen molar-refractivity contribution in [2.45, 2.75) is 31.3 Å². The van der Waals surface area contributed by atoms with Crippen molar-refractivity contribution in [1.29, 1.82) is 0 Å². The number of alkyl halides is 3. The predicted octanol–water partition coefficient (Wildman–Crippen LogP) is 0.0570. The second kappa shape index (κ2) is 9.56. The summed E-state index contributed by atoms with van der Waals surface area (Å²) in [6.45, 7) is 1.10. The standard InChI is InChI=1S/C14H23F3N2O6/c1-8(24-5)10(19(3)13(22)14(15,16)17)11(20)18(2)9(7-23-4)12(21)25-6/h8-10H,7H2,1-6H3. The van der Waals surface area contributed by atoms with E-state index in [9.17, 15) is 27.6 Å². The van der Waals surface area contributed by atoms with Crippen LogP contribution >= 0.6 is 0 Å². The number of likely N-dealkylation sites (N-methyl/N-ethyl adjacent to an activating group) is 2. The molecule has 0 heterocycles. The normalized spacial score (nSPS) is 15.1. The van der Waals surface area contributed by atoms with Crippen LogP contribution in [0.5, 0.6) is 0 Å². The van der Waals surface area contributed by atoms with Gasteiger partial charge < -0.3 is 24.0 Å². The van der Waals surface area contributed by atoms with Gasteiger partial charge in [-0.25, -0.2) is 4.79 Å². The summed E-state index contributed by atoms with van der Waals surface area (Å²) in [5.41, 5.74) is 0. The highest BCUT2D eigenvalue weighted by Crippen LogP contribution is 2.21. The first-order valence-electron chi connectivity index (χ1n) is 7.14. The Hall–Kier alpha value is -1.88. The SMILES string of the molecule is COCC(C(=O)OC)N(C)C(=O)C(C(C)OC)N(C)C(=O)C(F)(F)F. The third kappa shape index (κ3) is 5.85. The highest BCUT2D eigenvalue weighted by molar-refractivity contribution is 5.92. The highest BCUT2D eigenvalue weighted by atomic mass is 19.4. The summed E-state index contributed by atoms with van der Waals surface area (Å²) in [7, 11) is 5.60. The minimum Gasteiger partial charge on any atom is -0.467 e. The molecule has 146 valence electrons. The molecule has 25 heavy (non-hydrogen) atoms. The van der Waals surface area contributed by atoms with E-state index in [0.717, 1.165) is 19.1 Å². The van der Waals surface area contributed by atoms with Gasteiger partial charge in [-0.2, -0.15) is 13.2 Å². The van der Waals surface area contributed by atoms with Crippen LogP contribution in [0.15, 0.2) is 0 Å². The number of hydrogen-bond acceptors (Lipinski definition) is 6. The zero-order chi connectivity index (χ0) is 19.9. The van der Waals surface area contributed by atoms with Crippen LogP contribution < -0.4 is 0 Å². The molecule has 2 amide bonds. The van der Waals surface area contributed by atoms with Crippen LogP contribution in [0.25, 0.3) is 0 Å². The van der Waals surface area contributed by atoms with Gasteiger partial charge in [0.2, 0.25) is 5.91 Å². The Morgan fingerprint density at radius 2 is 1.56 bits per heavy atom. The molecule has 0 aromatic carbocycles. The zero-order valence-electron chi connectivity index (χ0n) is 14.9. The molecular weight excluding hydrogens is 349 g/mol. The number of methoxy groups -OCH3 is 3. The Morgan fingerprint density at radius 1 is 1.04 bits per heavy atom. The first kappa shape index (κ1) is 23.1. The van der Waals surface area contributed by atoms with Crippen molar-refractivity contribution in [3.63, 3.8) is 0 Å². The van der Waals surface area contributed by atoms with Crippen molar-refractivity contribution in [1.82, 2.24) is 9.80 Å². The molecule has 0 spiro atoms. The molecule has 3 unspecified atom stereocenters. The van der Waals surface area contributed by atoms with Gasteiger partial charge in [-0.3, -0.25) is 9.59 Å². The van der Waals surface area contributed by atoms with Crippen molar-refractivity contribution in [3.05, 3.63) is 0 Å². The molecule has 0 N–H and O–H groups in total. The maximum atomic E-state index is 12.7. The van der Waals surface area contributed by atoms with Crippen LogP contribution in [0, 0.1) is 0 Å². The maximum absolute atomic E-state index is 12.7. The van der Waals surface area contributed by atoms with Crippen LogP contribution in [0.3, 0.4) is 0 Å². The lowest BCUT2D eigenvalue weighted by atomic mass is 10.1. The molecule has 0 saturated carbocycles. The van der Waals surface area contributed by atoms with Crippen LogP contribution in [-0.2, 0) is 28.6 Å². The van der Waals surface area contributed by atoms with Gasteiger partial charge in [-0.15, -0.1) is 0 Å². The summed E-state index contributed by atoms with van der Waals surface area (Å²) >= 11 is 0. The lowest BCUT2D eigenvalue weighted by molar-refractivity contribution is -0.190. The highest BCUT2D eigenvalue weighted by Gasteiger charge is 2.47. The molecule has 0 saturated heterocycles. The van der Waals surface area contributed by atoms with Crippen molar-refractivity contribution >= 4 is 17.8 Å². The number of hydrogen-bond donors (Lipinski definition) is 0. The molecule has 3 atom stereocenters. The summed E-state index contributed by atoms with van der Waals surface area (Å²) in [6, 6.07) is -2.79. The van der Waals surface area contributed by atoms with Crippen molar-refractivity contribution in [3.8, 4) is 0 Å². The average molecular weight is 372 g/mol. The molecule has 0 aliphatic heterocycles. The number of esters is 1. The van der Waals surface area contributed by atoms with Gasteiger partial charge in [0.15, 0.2) is 6.04 Å². The van der Waals surface area contributed by atoms with Gasteiger partial charge in [0.25, 0.3) is 0 Å². The lowest BCUT2D eigenvalue weighted by Crippen LogP contribution is -2.59. The van der Waals surface area contributed by atoms with Crippen molar-refractivity contribution in [2.24, 2.45) is 0 Å². The molecule has 0 fully saturated rings. The van der Waals surface area contributed by atoms with Gasteiger partial charge in [-0.05, 0) is 6.92 Å². The molecule has 0 radical (unpaired) electrons. The Labute approximate surface area is 143 Å². The van der Waals surface area contributed by atoms with E-state index < -0.39 is 42.1 Å². The molecule has 0 aliphatic carbocycles. The molecule has 8 nitrogen and oxygen atoms in total. The number of nitrogens with zero attached hydrogens (tertiary/aromatic N) is 2. The number of carbonyl (C=O) groups is 3. The Kier molecular flexibility index (Phi) is 8.84. The Morgan fingerprint density at radius 3 is 1.92 bits per heavy atom. The Balaban J connectivity index is 5.69. The van der Waals surface area contributed by atoms with Crippen LogP contribution in [0.2, 0.25) is 0 Å². The monoisotopic (exact) mass is 372 g/mol. The summed E-state index contributed by atoms with van der Waals surface area (Å²) < 4.78 is 52.4. The fourth-order valence-corrected chi connectivity index (χ4v) is 2.13. The minimum absolute atomic E-state index is 0.236. The molecule has 0 aromatic heterocycles. The fourth-order valence-electron chi connectivity index (χ4n) is 2.13. The van der Waals surface area contributed by atoms with Crippen molar-refractivity contribution < 1.29 is 41.8 Å². The van der Waals surface area contributed by atoms with E-state index in [2.05, 4.69) is 4.74 Å². The predicted molar refractivity (Wildman–Crippen MR) is 79.5 cm³/mol. The second-order valence-electron chi connectivity index (χ2n) is 5.24. The minimum atomic E-state index is -5.16. The lowest BCUT2D eigenvalue weighted by Gasteiger charge is -2.36. The second-order valence-corrected chi connectivity index (χ2v) is 5.24. The van der Waals surface area contributed by atoms with Crippen LogP contribution in [0.4, 0.5) is 13.2 Å². The maximum Gasteiger partial charge on any atom is 0.471 e.